The number of anilines is 1. The van der Waals surface area contributed by atoms with E-state index in [0.29, 0.717) is 37.5 Å². The van der Waals surface area contributed by atoms with Gasteiger partial charge >= 0.3 is 0 Å². The molecule has 1 N–H and O–H groups in total. The molecule has 0 spiro atoms. The van der Waals surface area contributed by atoms with Crippen molar-refractivity contribution in [3.63, 3.8) is 0 Å². The van der Waals surface area contributed by atoms with E-state index in [-0.39, 0.29) is 6.61 Å². The molecular weight excluding hydrogens is 210 g/mol. The van der Waals surface area contributed by atoms with E-state index >= 15 is 0 Å². The van der Waals surface area contributed by atoms with E-state index in [9.17, 15) is 4.79 Å². The molecule has 1 heterocycles. The van der Waals surface area contributed by atoms with Crippen molar-refractivity contribution in [2.45, 2.75) is 0 Å². The zero-order chi connectivity index (χ0) is 11.8. The monoisotopic (exact) mass is 225 g/mol. The summed E-state index contributed by atoms with van der Waals surface area (Å²) >= 11 is 0. The van der Waals surface area contributed by atoms with Gasteiger partial charge in [0.15, 0.2) is 6.29 Å². The van der Waals surface area contributed by atoms with Gasteiger partial charge in [0.1, 0.15) is 0 Å². The van der Waals surface area contributed by atoms with Gasteiger partial charge in [0.2, 0.25) is 5.95 Å². The molecule has 0 aliphatic carbocycles. The second kappa shape index (κ2) is 6.86. The number of hydrogen-bond donors (Lipinski definition) is 1. The van der Waals surface area contributed by atoms with Crippen molar-refractivity contribution in [1.82, 2.24) is 9.97 Å². The molecule has 0 amide bonds. The standard InChI is InChI=1S/C10H15N3O3/c1-16-5-3-13(2-4-14)10-11-6-9(8-15)7-12-10/h6-8,14H,2-5H2,1H3. The van der Waals surface area contributed by atoms with Gasteiger partial charge in [0.25, 0.3) is 0 Å². The smallest absolute Gasteiger partial charge is 0.225 e. The minimum absolute atomic E-state index is 0.0164. The fourth-order valence-electron chi connectivity index (χ4n) is 1.19. The van der Waals surface area contributed by atoms with Crippen LogP contribution < -0.4 is 4.90 Å². The SMILES string of the molecule is COCCN(CCO)c1ncc(C=O)cn1. The molecule has 88 valence electrons. The van der Waals surface area contributed by atoms with Crippen molar-refractivity contribution in [2.75, 3.05) is 38.3 Å². The maximum Gasteiger partial charge on any atom is 0.225 e. The predicted molar refractivity (Wildman–Crippen MR) is 58.6 cm³/mol. The summed E-state index contributed by atoms with van der Waals surface area (Å²) in [5.74, 6) is 0.483. The molecule has 1 aromatic heterocycles. The fourth-order valence-corrected chi connectivity index (χ4v) is 1.19. The van der Waals surface area contributed by atoms with E-state index in [1.807, 2.05) is 0 Å². The molecule has 0 fully saturated rings. The average Bonchev–Trinajstić information content (AvgIpc) is 2.35. The summed E-state index contributed by atoms with van der Waals surface area (Å²) in [4.78, 5) is 20.3. The molecule has 0 saturated carbocycles. The maximum atomic E-state index is 10.4. The number of aromatic nitrogens is 2. The third kappa shape index (κ3) is 3.56. The molecule has 0 unspecified atom stereocenters. The highest BCUT2D eigenvalue weighted by molar-refractivity contribution is 5.73. The van der Waals surface area contributed by atoms with Crippen LogP contribution in [0.15, 0.2) is 12.4 Å². The van der Waals surface area contributed by atoms with Crippen molar-refractivity contribution in [1.29, 1.82) is 0 Å². The third-order valence-corrected chi connectivity index (χ3v) is 2.01. The Balaban J connectivity index is 2.70. The molecule has 0 aliphatic rings. The summed E-state index contributed by atoms with van der Waals surface area (Å²) in [6.07, 6.45) is 3.59. The first-order chi connectivity index (χ1) is 7.81. The van der Waals surface area contributed by atoms with Crippen LogP contribution in [0, 0.1) is 0 Å². The van der Waals surface area contributed by atoms with E-state index in [0.717, 1.165) is 0 Å². The first-order valence-electron chi connectivity index (χ1n) is 4.93. The zero-order valence-corrected chi connectivity index (χ0v) is 9.17. The van der Waals surface area contributed by atoms with Gasteiger partial charge in [-0.2, -0.15) is 0 Å². The molecule has 0 aliphatic heterocycles. The number of rotatable bonds is 7. The van der Waals surface area contributed by atoms with Crippen LogP contribution in [0.4, 0.5) is 5.95 Å². The number of nitrogens with zero attached hydrogens (tertiary/aromatic N) is 3. The van der Waals surface area contributed by atoms with Gasteiger partial charge < -0.3 is 14.7 Å². The lowest BCUT2D eigenvalue weighted by Crippen LogP contribution is -2.31. The molecule has 0 atom stereocenters. The summed E-state index contributed by atoms with van der Waals surface area (Å²) in [6, 6.07) is 0. The topological polar surface area (TPSA) is 75.6 Å². The van der Waals surface area contributed by atoms with Crippen LogP contribution in [0.1, 0.15) is 10.4 Å². The quantitative estimate of drug-likeness (QED) is 0.644. The number of carbonyl (C=O) groups is 1. The van der Waals surface area contributed by atoms with Crippen LogP contribution in [0.5, 0.6) is 0 Å². The summed E-state index contributed by atoms with van der Waals surface area (Å²) in [5.41, 5.74) is 0.430. The van der Waals surface area contributed by atoms with Crippen molar-refractivity contribution < 1.29 is 14.6 Å². The number of ether oxygens (including phenoxy) is 1. The Kier molecular flexibility index (Phi) is 5.38. The van der Waals surface area contributed by atoms with Gasteiger partial charge in [-0.15, -0.1) is 0 Å². The minimum Gasteiger partial charge on any atom is -0.395 e. The predicted octanol–water partition coefficient (Wildman–Crippen LogP) is -0.266. The van der Waals surface area contributed by atoms with Crippen LogP contribution in [-0.4, -0.2) is 54.8 Å². The molecule has 0 aromatic carbocycles. The largest absolute Gasteiger partial charge is 0.395 e. The summed E-state index contributed by atoms with van der Waals surface area (Å²) in [7, 11) is 1.60. The number of methoxy groups -OCH3 is 1. The molecule has 6 nitrogen and oxygen atoms in total. The number of aldehydes is 1. The number of hydrogen-bond acceptors (Lipinski definition) is 6. The molecule has 0 bridgehead atoms. The third-order valence-electron chi connectivity index (χ3n) is 2.01. The van der Waals surface area contributed by atoms with Crippen molar-refractivity contribution in [3.05, 3.63) is 18.0 Å². The Bertz CT molecular complexity index is 316. The highest BCUT2D eigenvalue weighted by atomic mass is 16.5. The Morgan fingerprint density at radius 3 is 2.62 bits per heavy atom. The molecule has 0 radical (unpaired) electrons. The Morgan fingerprint density at radius 2 is 2.12 bits per heavy atom. The van der Waals surface area contributed by atoms with E-state index in [1.54, 1.807) is 12.0 Å². The van der Waals surface area contributed by atoms with Gasteiger partial charge in [-0.05, 0) is 0 Å². The fraction of sp³-hybridized carbons (Fsp3) is 0.500. The normalized spacial score (nSPS) is 10.1. The van der Waals surface area contributed by atoms with E-state index in [1.165, 1.54) is 12.4 Å². The van der Waals surface area contributed by atoms with Gasteiger partial charge in [-0.3, -0.25) is 4.79 Å². The van der Waals surface area contributed by atoms with Gasteiger partial charge in [-0.25, -0.2) is 9.97 Å². The second-order valence-electron chi connectivity index (χ2n) is 3.14. The van der Waals surface area contributed by atoms with E-state index in [2.05, 4.69) is 9.97 Å². The van der Waals surface area contributed by atoms with Gasteiger partial charge in [-0.1, -0.05) is 0 Å². The molecule has 6 heteroatoms. The highest BCUT2D eigenvalue weighted by Gasteiger charge is 2.08. The molecular formula is C10H15N3O3. The van der Waals surface area contributed by atoms with Crippen molar-refractivity contribution >= 4 is 12.2 Å². The van der Waals surface area contributed by atoms with Gasteiger partial charge in [0, 0.05) is 32.6 Å². The molecule has 0 saturated heterocycles. The Hall–Kier alpha value is -1.53. The number of carbonyl (C=O) groups excluding carboxylic acids is 1. The zero-order valence-electron chi connectivity index (χ0n) is 9.17. The first-order valence-corrected chi connectivity index (χ1v) is 4.93. The maximum absolute atomic E-state index is 10.4. The number of aliphatic hydroxyl groups is 1. The van der Waals surface area contributed by atoms with Crippen LogP contribution in [0.3, 0.4) is 0 Å². The van der Waals surface area contributed by atoms with Crippen molar-refractivity contribution in [2.24, 2.45) is 0 Å². The Morgan fingerprint density at radius 1 is 1.44 bits per heavy atom. The lowest BCUT2D eigenvalue weighted by Gasteiger charge is -2.20. The first kappa shape index (κ1) is 12.5. The second-order valence-corrected chi connectivity index (χ2v) is 3.14. The molecule has 1 rings (SSSR count). The van der Waals surface area contributed by atoms with Gasteiger partial charge in [0.05, 0.1) is 18.8 Å². The Labute approximate surface area is 93.9 Å². The van der Waals surface area contributed by atoms with Crippen molar-refractivity contribution in [3.8, 4) is 0 Å². The van der Waals surface area contributed by atoms with Crippen LogP contribution >= 0.6 is 0 Å². The lowest BCUT2D eigenvalue weighted by atomic mass is 10.4. The van der Waals surface area contributed by atoms with Crippen LogP contribution in [-0.2, 0) is 4.74 Å². The molecule has 1 aromatic rings. The average molecular weight is 225 g/mol. The molecule has 16 heavy (non-hydrogen) atoms. The summed E-state index contributed by atoms with van der Waals surface area (Å²) in [5, 5.41) is 8.90. The summed E-state index contributed by atoms with van der Waals surface area (Å²) < 4.78 is 4.95. The highest BCUT2D eigenvalue weighted by Crippen LogP contribution is 2.05. The van der Waals surface area contributed by atoms with E-state index < -0.39 is 0 Å². The minimum atomic E-state index is 0.0164. The lowest BCUT2D eigenvalue weighted by molar-refractivity contribution is 0.112. The van der Waals surface area contributed by atoms with Crippen LogP contribution in [0.25, 0.3) is 0 Å². The van der Waals surface area contributed by atoms with Crippen LogP contribution in [0.2, 0.25) is 0 Å². The number of aliphatic hydroxyl groups excluding tert-OH is 1. The van der Waals surface area contributed by atoms with E-state index in [4.69, 9.17) is 9.84 Å². The summed E-state index contributed by atoms with van der Waals surface area (Å²) in [6.45, 7) is 1.57.